The van der Waals surface area contributed by atoms with Crippen LogP contribution in [0.5, 0.6) is 0 Å². The van der Waals surface area contributed by atoms with Crippen molar-refractivity contribution in [1.29, 1.82) is 0 Å². The first-order chi connectivity index (χ1) is 14.5. The molecule has 8 heteroatoms. The van der Waals surface area contributed by atoms with Crippen LogP contribution in [-0.2, 0) is 9.53 Å². The summed E-state index contributed by atoms with van der Waals surface area (Å²) in [5.74, 6) is -0.667. The predicted molar refractivity (Wildman–Crippen MR) is 109 cm³/mol. The summed E-state index contributed by atoms with van der Waals surface area (Å²) in [5.41, 5.74) is 0.591. The van der Waals surface area contributed by atoms with Crippen molar-refractivity contribution in [3.8, 4) is 0 Å². The highest BCUT2D eigenvalue weighted by Gasteiger charge is 2.27. The third-order valence-corrected chi connectivity index (χ3v) is 4.42. The van der Waals surface area contributed by atoms with E-state index in [0.29, 0.717) is 22.2 Å². The van der Waals surface area contributed by atoms with Gasteiger partial charge in [0.1, 0.15) is 5.76 Å². The van der Waals surface area contributed by atoms with Crippen LogP contribution in [0.15, 0.2) is 76.0 Å². The number of aryl methyl sites for hydroxylation is 1. The standard InChI is InChI=1S/C22H17N3O5/c1-13-11-18(25-30-13)24-21(27)20(14-7-3-2-4-8-14)29-22(28)16-12-19(26)23-17-10-6-5-9-15(16)17/h2-12,20H,1H3,(H,23,26)(H,24,25,27). The SMILES string of the molecule is Cc1cc(NC(=O)C(OC(=O)c2cc(=O)[nH]c3ccccc23)c2ccccc2)no1. The fourth-order valence-electron chi connectivity index (χ4n) is 3.06. The normalized spacial score (nSPS) is 11.8. The van der Waals surface area contributed by atoms with Gasteiger partial charge in [0.2, 0.25) is 11.7 Å². The van der Waals surface area contributed by atoms with Gasteiger partial charge in [-0.15, -0.1) is 0 Å². The number of benzene rings is 2. The van der Waals surface area contributed by atoms with Gasteiger partial charge in [0, 0.05) is 28.6 Å². The Morgan fingerprint density at radius 1 is 1.07 bits per heavy atom. The van der Waals surface area contributed by atoms with Crippen LogP contribution in [-0.4, -0.2) is 22.0 Å². The molecule has 4 aromatic rings. The summed E-state index contributed by atoms with van der Waals surface area (Å²) in [7, 11) is 0. The van der Waals surface area contributed by atoms with Crippen molar-refractivity contribution >= 4 is 28.6 Å². The van der Waals surface area contributed by atoms with Gasteiger partial charge >= 0.3 is 5.97 Å². The lowest BCUT2D eigenvalue weighted by atomic mass is 10.1. The van der Waals surface area contributed by atoms with Crippen LogP contribution in [0.2, 0.25) is 0 Å². The Kier molecular flexibility index (Phi) is 5.13. The Bertz CT molecular complexity index is 1280. The molecule has 2 heterocycles. The number of esters is 1. The number of carbonyl (C=O) groups is 2. The van der Waals surface area contributed by atoms with E-state index < -0.39 is 23.5 Å². The summed E-state index contributed by atoms with van der Waals surface area (Å²) in [6, 6.07) is 18.1. The van der Waals surface area contributed by atoms with E-state index in [1.54, 1.807) is 67.6 Å². The van der Waals surface area contributed by atoms with Gasteiger partial charge in [0.05, 0.1) is 5.56 Å². The largest absolute Gasteiger partial charge is 0.444 e. The van der Waals surface area contributed by atoms with Crippen LogP contribution in [0.1, 0.15) is 27.8 Å². The highest BCUT2D eigenvalue weighted by atomic mass is 16.5. The highest BCUT2D eigenvalue weighted by molar-refractivity contribution is 6.04. The van der Waals surface area contributed by atoms with E-state index in [4.69, 9.17) is 9.26 Å². The molecule has 0 fully saturated rings. The quantitative estimate of drug-likeness (QED) is 0.494. The number of rotatable bonds is 5. The number of amides is 1. The summed E-state index contributed by atoms with van der Waals surface area (Å²) < 4.78 is 10.5. The molecular weight excluding hydrogens is 386 g/mol. The number of para-hydroxylation sites is 1. The maximum Gasteiger partial charge on any atom is 0.340 e. The number of aromatic nitrogens is 2. The molecule has 2 aromatic carbocycles. The molecule has 1 atom stereocenters. The number of carbonyl (C=O) groups excluding carboxylic acids is 2. The number of pyridine rings is 1. The van der Waals surface area contributed by atoms with E-state index in [-0.39, 0.29) is 11.4 Å². The molecule has 0 saturated carbocycles. The second kappa shape index (κ2) is 8.04. The summed E-state index contributed by atoms with van der Waals surface area (Å²) in [4.78, 5) is 40.5. The minimum Gasteiger partial charge on any atom is -0.444 e. The van der Waals surface area contributed by atoms with Crippen molar-refractivity contribution in [3.05, 3.63) is 94.0 Å². The van der Waals surface area contributed by atoms with Gasteiger partial charge in [-0.05, 0) is 13.0 Å². The van der Waals surface area contributed by atoms with Gasteiger partial charge in [-0.2, -0.15) is 0 Å². The molecular formula is C22H17N3O5. The smallest absolute Gasteiger partial charge is 0.340 e. The zero-order valence-electron chi connectivity index (χ0n) is 15.9. The molecule has 0 radical (unpaired) electrons. The summed E-state index contributed by atoms with van der Waals surface area (Å²) in [5, 5.41) is 6.82. The monoisotopic (exact) mass is 403 g/mol. The predicted octanol–water partition coefficient (Wildman–Crippen LogP) is 3.36. The van der Waals surface area contributed by atoms with Crippen LogP contribution < -0.4 is 10.9 Å². The number of anilines is 1. The van der Waals surface area contributed by atoms with E-state index in [9.17, 15) is 14.4 Å². The van der Waals surface area contributed by atoms with Crippen molar-refractivity contribution in [2.75, 3.05) is 5.32 Å². The number of ether oxygens (including phenoxy) is 1. The minimum atomic E-state index is -1.26. The van der Waals surface area contributed by atoms with Crippen LogP contribution in [0.4, 0.5) is 5.82 Å². The number of nitrogens with one attached hydrogen (secondary N) is 2. The molecule has 1 amide bonds. The first-order valence-electron chi connectivity index (χ1n) is 9.13. The molecule has 30 heavy (non-hydrogen) atoms. The van der Waals surface area contributed by atoms with Crippen molar-refractivity contribution < 1.29 is 18.8 Å². The lowest BCUT2D eigenvalue weighted by Crippen LogP contribution is -2.26. The van der Waals surface area contributed by atoms with E-state index in [1.807, 2.05) is 0 Å². The molecule has 0 spiro atoms. The average Bonchev–Trinajstić information content (AvgIpc) is 3.16. The molecule has 2 aromatic heterocycles. The summed E-state index contributed by atoms with van der Waals surface area (Å²) in [6.45, 7) is 1.69. The third-order valence-electron chi connectivity index (χ3n) is 4.42. The molecule has 0 aliphatic rings. The van der Waals surface area contributed by atoms with Crippen LogP contribution in [0.3, 0.4) is 0 Å². The molecule has 0 aliphatic carbocycles. The fraction of sp³-hybridized carbons (Fsp3) is 0.0909. The molecule has 0 aliphatic heterocycles. The van der Waals surface area contributed by atoms with E-state index in [0.717, 1.165) is 6.07 Å². The number of nitrogens with zero attached hydrogens (tertiary/aromatic N) is 1. The first-order valence-corrected chi connectivity index (χ1v) is 9.13. The molecule has 2 N–H and O–H groups in total. The molecule has 0 bridgehead atoms. The lowest BCUT2D eigenvalue weighted by Gasteiger charge is -2.17. The summed E-state index contributed by atoms with van der Waals surface area (Å²) in [6.07, 6.45) is -1.26. The molecule has 1 unspecified atom stereocenters. The fourth-order valence-corrected chi connectivity index (χ4v) is 3.06. The van der Waals surface area contributed by atoms with Gasteiger partial charge in [0.25, 0.3) is 5.91 Å². The Balaban J connectivity index is 1.68. The van der Waals surface area contributed by atoms with Gasteiger partial charge in [-0.3, -0.25) is 9.59 Å². The molecule has 4 rings (SSSR count). The van der Waals surface area contributed by atoms with Gasteiger partial charge in [-0.1, -0.05) is 53.7 Å². The van der Waals surface area contributed by atoms with Crippen LogP contribution in [0, 0.1) is 6.92 Å². The number of hydrogen-bond donors (Lipinski definition) is 2. The zero-order chi connectivity index (χ0) is 21.1. The van der Waals surface area contributed by atoms with E-state index in [2.05, 4.69) is 15.5 Å². The highest BCUT2D eigenvalue weighted by Crippen LogP contribution is 2.23. The van der Waals surface area contributed by atoms with Crippen molar-refractivity contribution in [1.82, 2.24) is 10.1 Å². The van der Waals surface area contributed by atoms with Crippen LogP contribution in [0.25, 0.3) is 10.9 Å². The molecule has 8 nitrogen and oxygen atoms in total. The van der Waals surface area contributed by atoms with Crippen LogP contribution >= 0.6 is 0 Å². The third kappa shape index (κ3) is 3.97. The lowest BCUT2D eigenvalue weighted by molar-refractivity contribution is -0.125. The van der Waals surface area contributed by atoms with E-state index >= 15 is 0 Å². The number of H-pyrrole nitrogens is 1. The average molecular weight is 403 g/mol. The Morgan fingerprint density at radius 2 is 1.80 bits per heavy atom. The molecule has 0 saturated heterocycles. The second-order valence-corrected chi connectivity index (χ2v) is 6.60. The van der Waals surface area contributed by atoms with Crippen molar-refractivity contribution in [3.63, 3.8) is 0 Å². The first kappa shape index (κ1) is 19.1. The van der Waals surface area contributed by atoms with Crippen molar-refractivity contribution in [2.24, 2.45) is 0 Å². The van der Waals surface area contributed by atoms with Gasteiger partial charge in [-0.25, -0.2) is 4.79 Å². The Labute approximate surface area is 170 Å². The van der Waals surface area contributed by atoms with Gasteiger partial charge < -0.3 is 19.6 Å². The number of fused-ring (bicyclic) bond motifs is 1. The van der Waals surface area contributed by atoms with E-state index in [1.165, 1.54) is 0 Å². The second-order valence-electron chi connectivity index (χ2n) is 6.60. The van der Waals surface area contributed by atoms with Crippen molar-refractivity contribution in [2.45, 2.75) is 13.0 Å². The van der Waals surface area contributed by atoms with Gasteiger partial charge in [0.15, 0.2) is 5.82 Å². The Hall–Kier alpha value is -4.20. The number of hydrogen-bond acceptors (Lipinski definition) is 6. The number of aromatic amines is 1. The zero-order valence-corrected chi connectivity index (χ0v) is 15.9. The maximum absolute atomic E-state index is 13.0. The Morgan fingerprint density at radius 3 is 2.53 bits per heavy atom. The maximum atomic E-state index is 13.0. The topological polar surface area (TPSA) is 114 Å². The minimum absolute atomic E-state index is 0.0698. The summed E-state index contributed by atoms with van der Waals surface area (Å²) >= 11 is 0. The molecule has 150 valence electrons.